The van der Waals surface area contributed by atoms with Crippen molar-refractivity contribution >= 4 is 5.84 Å². The number of hydrogen-bond acceptors (Lipinski definition) is 5. The minimum absolute atomic E-state index is 0.271. The average molecular weight is 221 g/mol. The van der Waals surface area contributed by atoms with Gasteiger partial charge in [0.25, 0.3) is 0 Å². The summed E-state index contributed by atoms with van der Waals surface area (Å²) in [7, 11) is 1.60. The molecule has 0 radical (unpaired) electrons. The molecule has 86 valence electrons. The van der Waals surface area contributed by atoms with Crippen molar-refractivity contribution in [3.8, 4) is 5.75 Å². The van der Waals surface area contributed by atoms with Gasteiger partial charge in [-0.15, -0.1) is 5.11 Å². The van der Waals surface area contributed by atoms with Gasteiger partial charge in [0.15, 0.2) is 5.84 Å². The number of nitrogens with zero attached hydrogens (tertiary/aromatic N) is 2. The standard InChI is InChI=1S/C10H15N5O/c1-16-9-3-2-7(4-8(9)6-11)5-10(14-12)15-13/h2-4,12H,5-6,11,13H2,1H3. The van der Waals surface area contributed by atoms with Crippen molar-refractivity contribution in [2.24, 2.45) is 21.8 Å². The molecule has 0 fully saturated rings. The van der Waals surface area contributed by atoms with E-state index in [0.717, 1.165) is 16.9 Å². The van der Waals surface area contributed by atoms with Gasteiger partial charge in [-0.1, -0.05) is 12.1 Å². The van der Waals surface area contributed by atoms with Gasteiger partial charge in [0, 0.05) is 18.5 Å². The SMILES string of the molecule is COc1ccc(CC(N=N)=NN)cc1CN. The van der Waals surface area contributed by atoms with E-state index in [4.69, 9.17) is 21.8 Å². The summed E-state index contributed by atoms with van der Waals surface area (Å²) in [6, 6.07) is 5.60. The highest BCUT2D eigenvalue weighted by Gasteiger charge is 2.05. The molecule has 0 amide bonds. The third-order valence-electron chi connectivity index (χ3n) is 2.21. The molecule has 6 heteroatoms. The molecule has 0 unspecified atom stereocenters. The molecule has 0 spiro atoms. The Bertz CT molecular complexity index is 402. The molecule has 6 nitrogen and oxygen atoms in total. The van der Waals surface area contributed by atoms with Crippen LogP contribution in [0.4, 0.5) is 0 Å². The second-order valence-electron chi connectivity index (χ2n) is 3.18. The highest BCUT2D eigenvalue weighted by molar-refractivity contribution is 5.84. The molecular formula is C10H15N5O. The predicted molar refractivity (Wildman–Crippen MR) is 61.4 cm³/mol. The molecule has 0 bridgehead atoms. The first-order valence-corrected chi connectivity index (χ1v) is 4.75. The number of ether oxygens (including phenoxy) is 1. The third kappa shape index (κ3) is 2.77. The summed E-state index contributed by atoms with van der Waals surface area (Å²) in [5.74, 6) is 6.10. The fourth-order valence-corrected chi connectivity index (χ4v) is 1.40. The van der Waals surface area contributed by atoms with Crippen LogP contribution in [0.3, 0.4) is 0 Å². The smallest absolute Gasteiger partial charge is 0.174 e. The molecule has 0 aliphatic heterocycles. The number of hydrogen-bond donors (Lipinski definition) is 3. The van der Waals surface area contributed by atoms with E-state index in [2.05, 4.69) is 10.2 Å². The van der Waals surface area contributed by atoms with Gasteiger partial charge in [-0.05, 0) is 11.6 Å². The molecule has 0 saturated carbocycles. The normalized spacial score (nSPS) is 11.2. The van der Waals surface area contributed by atoms with Crippen LogP contribution < -0.4 is 16.3 Å². The van der Waals surface area contributed by atoms with Gasteiger partial charge in [0.2, 0.25) is 0 Å². The van der Waals surface area contributed by atoms with Crippen LogP contribution >= 0.6 is 0 Å². The first kappa shape index (κ1) is 12.1. The Morgan fingerprint density at radius 3 is 2.75 bits per heavy atom. The largest absolute Gasteiger partial charge is 0.496 e. The van der Waals surface area contributed by atoms with Crippen molar-refractivity contribution in [1.29, 1.82) is 5.53 Å². The molecular weight excluding hydrogens is 206 g/mol. The molecule has 0 aliphatic carbocycles. The van der Waals surface area contributed by atoms with E-state index in [-0.39, 0.29) is 5.84 Å². The number of rotatable bonds is 4. The van der Waals surface area contributed by atoms with Crippen LogP contribution in [0, 0.1) is 5.53 Å². The third-order valence-corrected chi connectivity index (χ3v) is 2.21. The molecule has 0 aromatic heterocycles. The second-order valence-corrected chi connectivity index (χ2v) is 3.18. The average Bonchev–Trinajstić information content (AvgIpc) is 2.35. The molecule has 0 heterocycles. The number of hydrazone groups is 1. The summed E-state index contributed by atoms with van der Waals surface area (Å²) >= 11 is 0. The molecule has 1 rings (SSSR count). The van der Waals surface area contributed by atoms with Crippen LogP contribution in [0.2, 0.25) is 0 Å². The lowest BCUT2D eigenvalue weighted by molar-refractivity contribution is 0.409. The van der Waals surface area contributed by atoms with Crippen molar-refractivity contribution in [3.63, 3.8) is 0 Å². The van der Waals surface area contributed by atoms with Gasteiger partial charge in [-0.25, -0.2) is 5.53 Å². The zero-order valence-electron chi connectivity index (χ0n) is 9.10. The summed E-state index contributed by atoms with van der Waals surface area (Å²) in [6.45, 7) is 0.393. The highest BCUT2D eigenvalue weighted by Crippen LogP contribution is 2.19. The van der Waals surface area contributed by atoms with E-state index in [9.17, 15) is 0 Å². The Labute approximate surface area is 93.8 Å². The minimum atomic E-state index is 0.271. The van der Waals surface area contributed by atoms with E-state index in [1.54, 1.807) is 7.11 Å². The summed E-state index contributed by atoms with van der Waals surface area (Å²) < 4.78 is 5.15. The highest BCUT2D eigenvalue weighted by atomic mass is 16.5. The Morgan fingerprint density at radius 1 is 1.50 bits per heavy atom. The summed E-state index contributed by atoms with van der Waals surface area (Å²) in [4.78, 5) is 0. The maximum absolute atomic E-state index is 6.85. The Balaban J connectivity index is 2.95. The van der Waals surface area contributed by atoms with E-state index < -0.39 is 0 Å². The van der Waals surface area contributed by atoms with Gasteiger partial charge < -0.3 is 16.3 Å². The van der Waals surface area contributed by atoms with Crippen LogP contribution in [0.5, 0.6) is 5.75 Å². The molecule has 0 aliphatic rings. The zero-order chi connectivity index (χ0) is 12.0. The van der Waals surface area contributed by atoms with E-state index >= 15 is 0 Å². The topological polar surface area (TPSA) is 110 Å². The summed E-state index contributed by atoms with van der Waals surface area (Å²) in [6.07, 6.45) is 0.414. The number of methoxy groups -OCH3 is 1. The van der Waals surface area contributed by atoms with E-state index in [1.165, 1.54) is 0 Å². The predicted octanol–water partition coefficient (Wildman–Crippen LogP) is 1.000. The number of nitrogens with two attached hydrogens (primary N) is 2. The van der Waals surface area contributed by atoms with Crippen molar-refractivity contribution < 1.29 is 4.74 Å². The van der Waals surface area contributed by atoms with Gasteiger partial charge in [0.05, 0.1) is 7.11 Å². The van der Waals surface area contributed by atoms with Crippen molar-refractivity contribution in [2.45, 2.75) is 13.0 Å². The number of amidine groups is 1. The molecule has 0 atom stereocenters. The van der Waals surface area contributed by atoms with Gasteiger partial charge in [0.1, 0.15) is 5.75 Å². The minimum Gasteiger partial charge on any atom is -0.496 e. The van der Waals surface area contributed by atoms with Crippen LogP contribution in [-0.4, -0.2) is 12.9 Å². The van der Waals surface area contributed by atoms with Crippen LogP contribution in [0.1, 0.15) is 11.1 Å². The maximum Gasteiger partial charge on any atom is 0.174 e. The second kappa shape index (κ2) is 5.82. The lowest BCUT2D eigenvalue weighted by Crippen LogP contribution is -2.05. The maximum atomic E-state index is 6.85. The zero-order valence-corrected chi connectivity index (χ0v) is 9.10. The van der Waals surface area contributed by atoms with Gasteiger partial charge in [-0.3, -0.25) is 0 Å². The van der Waals surface area contributed by atoms with Gasteiger partial charge >= 0.3 is 0 Å². The summed E-state index contributed by atoms with van der Waals surface area (Å²) in [5, 5.41) is 6.61. The number of benzene rings is 1. The fraction of sp³-hybridized carbons (Fsp3) is 0.300. The summed E-state index contributed by atoms with van der Waals surface area (Å²) in [5.41, 5.74) is 14.3. The first-order valence-electron chi connectivity index (χ1n) is 4.75. The monoisotopic (exact) mass is 221 g/mol. The first-order chi connectivity index (χ1) is 7.74. The molecule has 16 heavy (non-hydrogen) atoms. The van der Waals surface area contributed by atoms with Crippen LogP contribution in [-0.2, 0) is 13.0 Å². The molecule has 0 saturated heterocycles. The van der Waals surface area contributed by atoms with Crippen LogP contribution in [0.15, 0.2) is 28.4 Å². The van der Waals surface area contributed by atoms with Crippen molar-refractivity contribution in [1.82, 2.24) is 0 Å². The fourth-order valence-electron chi connectivity index (χ4n) is 1.40. The lowest BCUT2D eigenvalue weighted by atomic mass is 10.1. The van der Waals surface area contributed by atoms with Crippen molar-refractivity contribution in [2.75, 3.05) is 7.11 Å². The van der Waals surface area contributed by atoms with Crippen LogP contribution in [0.25, 0.3) is 0 Å². The molecule has 1 aromatic carbocycles. The molecule has 1 aromatic rings. The Kier molecular flexibility index (Phi) is 4.41. The van der Waals surface area contributed by atoms with Gasteiger partial charge in [-0.2, -0.15) is 5.10 Å². The van der Waals surface area contributed by atoms with Crippen molar-refractivity contribution in [3.05, 3.63) is 29.3 Å². The quantitative estimate of drug-likeness (QED) is 0.232. The Morgan fingerprint density at radius 2 is 2.25 bits per heavy atom. The molecule has 5 N–H and O–H groups in total. The van der Waals surface area contributed by atoms with E-state index in [1.807, 2.05) is 18.2 Å². The lowest BCUT2D eigenvalue weighted by Gasteiger charge is -2.08. The van der Waals surface area contributed by atoms with E-state index in [0.29, 0.717) is 13.0 Å². The Hall–Kier alpha value is -1.95. The number of nitrogens with one attached hydrogen (secondary N) is 1.